The summed E-state index contributed by atoms with van der Waals surface area (Å²) < 4.78 is 15.0. The number of hydrogen-bond acceptors (Lipinski definition) is 5. The summed E-state index contributed by atoms with van der Waals surface area (Å²) in [4.78, 5) is 11.0. The summed E-state index contributed by atoms with van der Waals surface area (Å²) in [5.74, 6) is 1.30. The first kappa shape index (κ1) is 14.2. The maximum absolute atomic E-state index is 11.0. The summed E-state index contributed by atoms with van der Waals surface area (Å²) >= 11 is 0. The molecule has 0 heterocycles. The lowest BCUT2D eigenvalue weighted by Gasteiger charge is -2.12. The van der Waals surface area contributed by atoms with Gasteiger partial charge >= 0.3 is 5.97 Å². The van der Waals surface area contributed by atoms with Gasteiger partial charge in [-0.1, -0.05) is 0 Å². The van der Waals surface area contributed by atoms with Crippen molar-refractivity contribution in [2.75, 3.05) is 33.2 Å². The highest BCUT2D eigenvalue weighted by molar-refractivity contribution is 5.69. The molecule has 0 amide bonds. The quantitative estimate of drug-likeness (QED) is 0.595. The van der Waals surface area contributed by atoms with E-state index in [0.717, 1.165) is 17.2 Å². The van der Waals surface area contributed by atoms with E-state index < -0.39 is 0 Å². The molecule has 0 bridgehead atoms. The number of benzene rings is 1. The zero-order valence-corrected chi connectivity index (χ0v) is 11.0. The van der Waals surface area contributed by atoms with Crippen LogP contribution in [0.4, 0.5) is 5.69 Å². The van der Waals surface area contributed by atoms with Crippen LogP contribution in [-0.4, -0.2) is 33.8 Å². The number of hydrogen-bond donors (Lipinski definition) is 1. The van der Waals surface area contributed by atoms with Gasteiger partial charge in [0, 0.05) is 19.0 Å². The smallest absolute Gasteiger partial charge is 0.305 e. The molecule has 1 rings (SSSR count). The van der Waals surface area contributed by atoms with Gasteiger partial charge in [-0.15, -0.1) is 0 Å². The molecule has 0 atom stereocenters. The highest BCUT2D eigenvalue weighted by Crippen LogP contribution is 2.28. The van der Waals surface area contributed by atoms with Crippen molar-refractivity contribution in [3.8, 4) is 11.5 Å². The maximum atomic E-state index is 11.0. The third kappa shape index (κ3) is 4.16. The Kier molecular flexibility index (Phi) is 5.84. The molecule has 1 aromatic carbocycles. The molecular weight excluding hydrogens is 234 g/mol. The summed E-state index contributed by atoms with van der Waals surface area (Å²) in [6.45, 7) is 0.665. The molecule has 0 unspecified atom stereocenters. The van der Waals surface area contributed by atoms with Crippen LogP contribution in [0.5, 0.6) is 11.5 Å². The fraction of sp³-hybridized carbons (Fsp3) is 0.462. The SMILES string of the molecule is COC(=O)CCCNc1cc(OC)ccc1OC. The van der Waals surface area contributed by atoms with Gasteiger partial charge in [0.1, 0.15) is 11.5 Å². The fourth-order valence-electron chi connectivity index (χ4n) is 1.51. The van der Waals surface area contributed by atoms with Gasteiger partial charge in [-0.25, -0.2) is 0 Å². The first-order valence-electron chi connectivity index (χ1n) is 5.74. The summed E-state index contributed by atoms with van der Waals surface area (Å²) in [5, 5.41) is 3.21. The number of ether oxygens (including phenoxy) is 3. The lowest BCUT2D eigenvalue weighted by Crippen LogP contribution is -2.07. The standard InChI is InChI=1S/C13H19NO4/c1-16-10-6-7-12(17-2)11(9-10)14-8-4-5-13(15)18-3/h6-7,9,14H,4-5,8H2,1-3H3. The topological polar surface area (TPSA) is 56.8 Å². The molecule has 0 radical (unpaired) electrons. The normalized spacial score (nSPS) is 9.72. The van der Waals surface area contributed by atoms with Gasteiger partial charge in [0.25, 0.3) is 0 Å². The maximum Gasteiger partial charge on any atom is 0.305 e. The number of nitrogens with one attached hydrogen (secondary N) is 1. The average molecular weight is 253 g/mol. The van der Waals surface area contributed by atoms with Crippen molar-refractivity contribution in [2.24, 2.45) is 0 Å². The zero-order valence-electron chi connectivity index (χ0n) is 11.0. The summed E-state index contributed by atoms with van der Waals surface area (Å²) in [6.07, 6.45) is 1.10. The molecule has 100 valence electrons. The van der Waals surface area contributed by atoms with E-state index in [-0.39, 0.29) is 5.97 Å². The van der Waals surface area contributed by atoms with E-state index in [1.165, 1.54) is 7.11 Å². The van der Waals surface area contributed by atoms with Gasteiger partial charge in [-0.2, -0.15) is 0 Å². The van der Waals surface area contributed by atoms with Gasteiger partial charge in [0.15, 0.2) is 0 Å². The number of methoxy groups -OCH3 is 3. The van der Waals surface area contributed by atoms with Crippen LogP contribution in [-0.2, 0) is 9.53 Å². The summed E-state index contributed by atoms with van der Waals surface area (Å²) in [7, 11) is 4.62. The lowest BCUT2D eigenvalue weighted by molar-refractivity contribution is -0.140. The number of anilines is 1. The predicted octanol–water partition coefficient (Wildman–Crippen LogP) is 2.07. The minimum Gasteiger partial charge on any atom is -0.497 e. The molecule has 0 aliphatic heterocycles. The zero-order chi connectivity index (χ0) is 13.4. The second-order valence-corrected chi connectivity index (χ2v) is 3.67. The highest BCUT2D eigenvalue weighted by Gasteiger charge is 2.05. The van der Waals surface area contributed by atoms with Crippen LogP contribution < -0.4 is 14.8 Å². The molecule has 0 saturated heterocycles. The number of carbonyl (C=O) groups is 1. The molecule has 0 saturated carbocycles. The van der Waals surface area contributed by atoms with Crippen LogP contribution in [0.25, 0.3) is 0 Å². The van der Waals surface area contributed by atoms with Gasteiger partial charge in [0.2, 0.25) is 0 Å². The molecule has 5 heteroatoms. The van der Waals surface area contributed by atoms with Crippen molar-refractivity contribution in [2.45, 2.75) is 12.8 Å². The van der Waals surface area contributed by atoms with Crippen LogP contribution >= 0.6 is 0 Å². The van der Waals surface area contributed by atoms with E-state index >= 15 is 0 Å². The molecule has 0 fully saturated rings. The minimum atomic E-state index is -0.200. The van der Waals surface area contributed by atoms with Crippen molar-refractivity contribution < 1.29 is 19.0 Å². The number of carbonyl (C=O) groups excluding carboxylic acids is 1. The van der Waals surface area contributed by atoms with Gasteiger partial charge in [-0.3, -0.25) is 4.79 Å². The molecule has 18 heavy (non-hydrogen) atoms. The third-order valence-electron chi connectivity index (χ3n) is 2.51. The Balaban J connectivity index is 2.52. The van der Waals surface area contributed by atoms with Crippen LogP contribution in [0.15, 0.2) is 18.2 Å². The van der Waals surface area contributed by atoms with E-state index in [9.17, 15) is 4.79 Å². The first-order valence-corrected chi connectivity index (χ1v) is 5.74. The van der Waals surface area contributed by atoms with Crippen molar-refractivity contribution >= 4 is 11.7 Å². The second-order valence-electron chi connectivity index (χ2n) is 3.67. The molecule has 5 nitrogen and oxygen atoms in total. The van der Waals surface area contributed by atoms with E-state index in [1.807, 2.05) is 18.2 Å². The Morgan fingerprint density at radius 2 is 2.00 bits per heavy atom. The Labute approximate surface area is 107 Å². The van der Waals surface area contributed by atoms with Crippen LogP contribution in [0.1, 0.15) is 12.8 Å². The largest absolute Gasteiger partial charge is 0.497 e. The van der Waals surface area contributed by atoms with Gasteiger partial charge < -0.3 is 19.5 Å². The van der Waals surface area contributed by atoms with Crippen molar-refractivity contribution in [3.05, 3.63) is 18.2 Å². The third-order valence-corrected chi connectivity index (χ3v) is 2.51. The van der Waals surface area contributed by atoms with Crippen LogP contribution in [0.3, 0.4) is 0 Å². The lowest BCUT2D eigenvalue weighted by atomic mass is 10.2. The molecule has 0 aromatic heterocycles. The van der Waals surface area contributed by atoms with E-state index in [1.54, 1.807) is 14.2 Å². The molecular formula is C13H19NO4. The Morgan fingerprint density at radius 1 is 1.22 bits per heavy atom. The predicted molar refractivity (Wildman–Crippen MR) is 69.3 cm³/mol. The fourth-order valence-corrected chi connectivity index (χ4v) is 1.51. The molecule has 0 aliphatic carbocycles. The highest BCUT2D eigenvalue weighted by atomic mass is 16.5. The Bertz CT molecular complexity index is 393. The second kappa shape index (κ2) is 7.42. The monoisotopic (exact) mass is 253 g/mol. The van der Waals surface area contributed by atoms with Crippen molar-refractivity contribution in [3.63, 3.8) is 0 Å². The van der Waals surface area contributed by atoms with E-state index in [4.69, 9.17) is 9.47 Å². The number of esters is 1. The van der Waals surface area contributed by atoms with Crippen LogP contribution in [0, 0.1) is 0 Å². The van der Waals surface area contributed by atoms with Crippen molar-refractivity contribution in [1.29, 1.82) is 0 Å². The summed E-state index contributed by atoms with van der Waals surface area (Å²) in [5.41, 5.74) is 0.849. The Morgan fingerprint density at radius 3 is 2.61 bits per heavy atom. The molecule has 1 aromatic rings. The average Bonchev–Trinajstić information content (AvgIpc) is 2.42. The van der Waals surface area contributed by atoms with E-state index in [2.05, 4.69) is 10.1 Å². The molecule has 0 aliphatic rings. The minimum absolute atomic E-state index is 0.200. The van der Waals surface area contributed by atoms with Gasteiger partial charge in [0.05, 0.1) is 27.0 Å². The van der Waals surface area contributed by atoms with Crippen molar-refractivity contribution in [1.82, 2.24) is 0 Å². The van der Waals surface area contributed by atoms with Gasteiger partial charge in [-0.05, 0) is 18.6 Å². The molecule has 1 N–H and O–H groups in total. The summed E-state index contributed by atoms with van der Waals surface area (Å²) in [6, 6.07) is 5.52. The number of rotatable bonds is 7. The first-order chi connectivity index (χ1) is 8.71. The Hall–Kier alpha value is -1.91. The molecule has 0 spiro atoms. The van der Waals surface area contributed by atoms with Crippen LogP contribution in [0.2, 0.25) is 0 Å². The van der Waals surface area contributed by atoms with E-state index in [0.29, 0.717) is 19.4 Å².